The zero-order valence-electron chi connectivity index (χ0n) is 18.7. The predicted molar refractivity (Wildman–Crippen MR) is 124 cm³/mol. The third-order valence-electron chi connectivity index (χ3n) is 4.51. The smallest absolute Gasteiger partial charge is 0.305 e. The van der Waals surface area contributed by atoms with Crippen LogP contribution in [0.25, 0.3) is 0 Å². The van der Waals surface area contributed by atoms with Gasteiger partial charge in [-0.15, -0.1) is 11.3 Å². The number of aryl methyl sites for hydroxylation is 3. The second-order valence-electron chi connectivity index (χ2n) is 7.05. The summed E-state index contributed by atoms with van der Waals surface area (Å²) in [6.45, 7) is 8.72. The van der Waals surface area contributed by atoms with Crippen LogP contribution in [0.1, 0.15) is 32.9 Å². The maximum absolute atomic E-state index is 12.7. The van der Waals surface area contributed by atoms with Crippen molar-refractivity contribution in [1.82, 2.24) is 4.98 Å². The summed E-state index contributed by atoms with van der Waals surface area (Å²) in [7, 11) is 0. The molecule has 0 bridgehead atoms. The minimum absolute atomic E-state index is 0.00546. The van der Waals surface area contributed by atoms with Crippen LogP contribution in [0.5, 0.6) is 0 Å². The Bertz CT molecular complexity index is 867. The summed E-state index contributed by atoms with van der Waals surface area (Å²) in [5.74, 6) is -1.06. The van der Waals surface area contributed by atoms with Gasteiger partial charge in [-0.2, -0.15) is 0 Å². The number of benzene rings is 1. The van der Waals surface area contributed by atoms with Crippen LogP contribution in [0.3, 0.4) is 0 Å². The van der Waals surface area contributed by atoms with E-state index in [1.54, 1.807) is 0 Å². The lowest BCUT2D eigenvalue weighted by molar-refractivity contribution is -0.138. The van der Waals surface area contributed by atoms with Gasteiger partial charge in [-0.05, 0) is 38.5 Å². The lowest BCUT2D eigenvalue weighted by Gasteiger charge is -2.11. The molecule has 1 aromatic carbocycles. The zero-order valence-corrected chi connectivity index (χ0v) is 19.5. The van der Waals surface area contributed by atoms with Crippen molar-refractivity contribution < 1.29 is 28.9 Å². The van der Waals surface area contributed by atoms with Gasteiger partial charge in [-0.3, -0.25) is 14.9 Å². The Morgan fingerprint density at radius 2 is 1.66 bits per heavy atom. The first-order valence-corrected chi connectivity index (χ1v) is 11.2. The summed E-state index contributed by atoms with van der Waals surface area (Å²) in [6.07, 6.45) is -0.00546. The van der Waals surface area contributed by atoms with Crippen molar-refractivity contribution in [1.29, 1.82) is 0 Å². The van der Waals surface area contributed by atoms with E-state index in [0.717, 1.165) is 21.8 Å². The maximum atomic E-state index is 12.7. The summed E-state index contributed by atoms with van der Waals surface area (Å²) < 4.78 is 16.0. The summed E-state index contributed by atoms with van der Waals surface area (Å²) >= 11 is 1.46. The fourth-order valence-electron chi connectivity index (χ4n) is 2.64. The van der Waals surface area contributed by atoms with Gasteiger partial charge in [0.2, 0.25) is 0 Å². The molecule has 3 N–H and O–H groups in total. The number of carboxylic acids is 1. The number of carbonyl (C=O) groups excluding carboxylic acids is 1. The van der Waals surface area contributed by atoms with Crippen molar-refractivity contribution in [2.45, 2.75) is 27.2 Å². The van der Waals surface area contributed by atoms with Crippen molar-refractivity contribution >= 4 is 34.0 Å². The van der Waals surface area contributed by atoms with Crippen LogP contribution in [-0.2, 0) is 19.0 Å². The molecule has 2 aromatic rings. The molecule has 10 heteroatoms. The van der Waals surface area contributed by atoms with Crippen molar-refractivity contribution in [3.05, 3.63) is 39.9 Å². The molecule has 0 unspecified atom stereocenters. The maximum Gasteiger partial charge on any atom is 0.305 e. The predicted octanol–water partition coefficient (Wildman–Crippen LogP) is 3.26. The van der Waals surface area contributed by atoms with Crippen LogP contribution in [0, 0.1) is 20.8 Å². The van der Waals surface area contributed by atoms with E-state index in [1.165, 1.54) is 11.3 Å². The standard InChI is InChI=1S/C22H31N3O6S/c1-15-4-5-18(14-19(15)21(28)25-22-24-16(2)17(3)32-22)23-7-9-30-11-13-31-12-10-29-8-6-20(26)27/h4-5,14,23H,6-13H2,1-3H3,(H,26,27)(H,24,25,28). The average molecular weight is 466 g/mol. The minimum atomic E-state index is -0.876. The Labute approximate surface area is 192 Å². The molecule has 0 aliphatic carbocycles. The van der Waals surface area contributed by atoms with E-state index in [0.29, 0.717) is 50.3 Å². The van der Waals surface area contributed by atoms with Gasteiger partial charge in [-0.1, -0.05) is 6.07 Å². The summed E-state index contributed by atoms with van der Waals surface area (Å²) in [5.41, 5.74) is 3.25. The van der Waals surface area contributed by atoms with E-state index in [9.17, 15) is 9.59 Å². The van der Waals surface area contributed by atoms with Gasteiger partial charge in [-0.25, -0.2) is 4.98 Å². The molecule has 0 atom stereocenters. The van der Waals surface area contributed by atoms with Crippen LogP contribution < -0.4 is 10.6 Å². The second-order valence-corrected chi connectivity index (χ2v) is 8.26. The Morgan fingerprint density at radius 1 is 1.00 bits per heavy atom. The molecule has 2 rings (SSSR count). The number of aromatic nitrogens is 1. The Hall–Kier alpha value is -2.53. The Kier molecular flexibility index (Phi) is 11.1. The molecule has 32 heavy (non-hydrogen) atoms. The first-order valence-electron chi connectivity index (χ1n) is 10.4. The normalized spacial score (nSPS) is 10.8. The molecular formula is C22H31N3O6S. The number of ether oxygens (including phenoxy) is 3. The van der Waals surface area contributed by atoms with Crippen LogP contribution in [0.2, 0.25) is 0 Å². The number of nitrogens with zero attached hydrogens (tertiary/aromatic N) is 1. The van der Waals surface area contributed by atoms with Crippen molar-refractivity contribution in [2.24, 2.45) is 0 Å². The number of aliphatic carboxylic acids is 1. The fraction of sp³-hybridized carbons (Fsp3) is 0.500. The number of thiazole rings is 1. The Balaban J connectivity index is 1.62. The number of carboxylic acid groups (broad SMARTS) is 1. The summed E-state index contributed by atoms with van der Waals surface area (Å²) in [5, 5.41) is 15.2. The number of anilines is 2. The van der Waals surface area contributed by atoms with E-state index in [4.69, 9.17) is 19.3 Å². The van der Waals surface area contributed by atoms with Gasteiger partial charge in [0.05, 0.1) is 51.8 Å². The third-order valence-corrected chi connectivity index (χ3v) is 5.50. The number of rotatable bonds is 15. The first kappa shape index (κ1) is 25.7. The van der Waals surface area contributed by atoms with Gasteiger partial charge in [0.25, 0.3) is 5.91 Å². The molecule has 0 aliphatic heterocycles. The summed E-state index contributed by atoms with van der Waals surface area (Å²) in [6, 6.07) is 5.66. The number of hydrogen-bond donors (Lipinski definition) is 3. The fourth-order valence-corrected chi connectivity index (χ4v) is 3.45. The molecule has 1 heterocycles. The molecule has 176 valence electrons. The summed E-state index contributed by atoms with van der Waals surface area (Å²) in [4.78, 5) is 28.4. The lowest BCUT2D eigenvalue weighted by Crippen LogP contribution is -2.16. The van der Waals surface area contributed by atoms with E-state index in [-0.39, 0.29) is 18.9 Å². The molecular weight excluding hydrogens is 434 g/mol. The quantitative estimate of drug-likeness (QED) is 0.343. The number of amides is 1. The molecule has 0 spiro atoms. The molecule has 1 amide bonds. The van der Waals surface area contributed by atoms with E-state index in [2.05, 4.69) is 15.6 Å². The molecule has 9 nitrogen and oxygen atoms in total. The number of carbonyl (C=O) groups is 2. The number of hydrogen-bond acceptors (Lipinski definition) is 8. The molecule has 0 radical (unpaired) electrons. The molecule has 0 saturated carbocycles. The molecule has 0 fully saturated rings. The van der Waals surface area contributed by atoms with Crippen molar-refractivity contribution in [3.8, 4) is 0 Å². The van der Waals surface area contributed by atoms with Gasteiger partial charge in [0.15, 0.2) is 5.13 Å². The van der Waals surface area contributed by atoms with Gasteiger partial charge in [0, 0.05) is 22.7 Å². The minimum Gasteiger partial charge on any atom is -0.481 e. The highest BCUT2D eigenvalue weighted by molar-refractivity contribution is 7.15. The van der Waals surface area contributed by atoms with Gasteiger partial charge < -0.3 is 24.6 Å². The third kappa shape index (κ3) is 9.31. The van der Waals surface area contributed by atoms with E-state index < -0.39 is 5.97 Å². The van der Waals surface area contributed by atoms with Crippen LogP contribution in [-0.4, -0.2) is 68.2 Å². The highest BCUT2D eigenvalue weighted by Crippen LogP contribution is 2.23. The van der Waals surface area contributed by atoms with E-state index >= 15 is 0 Å². The first-order chi connectivity index (χ1) is 15.4. The van der Waals surface area contributed by atoms with Crippen LogP contribution in [0.15, 0.2) is 18.2 Å². The van der Waals surface area contributed by atoms with E-state index in [1.807, 2.05) is 39.0 Å². The highest BCUT2D eigenvalue weighted by Gasteiger charge is 2.13. The lowest BCUT2D eigenvalue weighted by atomic mass is 10.1. The van der Waals surface area contributed by atoms with Gasteiger partial charge in [0.1, 0.15) is 0 Å². The van der Waals surface area contributed by atoms with Crippen molar-refractivity contribution in [3.63, 3.8) is 0 Å². The topological polar surface area (TPSA) is 119 Å². The molecule has 1 aromatic heterocycles. The number of nitrogens with one attached hydrogen (secondary N) is 2. The van der Waals surface area contributed by atoms with Crippen molar-refractivity contribution in [2.75, 3.05) is 56.8 Å². The highest BCUT2D eigenvalue weighted by atomic mass is 32.1. The Morgan fingerprint density at radius 3 is 2.28 bits per heavy atom. The second kappa shape index (κ2) is 13.8. The van der Waals surface area contributed by atoms with Crippen LogP contribution in [0.4, 0.5) is 10.8 Å². The SMILES string of the molecule is Cc1ccc(NCCOCCOCCOCCC(=O)O)cc1C(=O)Nc1nc(C)c(C)s1. The van der Waals surface area contributed by atoms with Crippen LogP contribution >= 0.6 is 11.3 Å². The molecule has 0 aliphatic rings. The zero-order chi connectivity index (χ0) is 23.3. The monoisotopic (exact) mass is 465 g/mol. The molecule has 0 saturated heterocycles. The largest absolute Gasteiger partial charge is 0.481 e. The average Bonchev–Trinajstić information content (AvgIpc) is 3.06. The van der Waals surface area contributed by atoms with Gasteiger partial charge >= 0.3 is 5.97 Å².